The van der Waals surface area contributed by atoms with Gasteiger partial charge in [0.05, 0.1) is 10.6 Å². The van der Waals surface area contributed by atoms with Crippen LogP contribution in [0.5, 0.6) is 0 Å². The predicted octanol–water partition coefficient (Wildman–Crippen LogP) is 2.24. The Labute approximate surface area is 109 Å². The van der Waals surface area contributed by atoms with Crippen LogP contribution in [0, 0.1) is 10.1 Å². The number of nitrogens with zero attached hydrogens (tertiary/aromatic N) is 3. The molecule has 2 rings (SSSR count). The minimum absolute atomic E-state index is 0.536. The summed E-state index contributed by atoms with van der Waals surface area (Å²) >= 11 is 3.25. The third kappa shape index (κ3) is 2.23. The molecule has 18 heavy (non-hydrogen) atoms. The van der Waals surface area contributed by atoms with Crippen molar-refractivity contribution in [2.75, 3.05) is 0 Å². The minimum Gasteiger partial charge on any atom is -0.476 e. The summed E-state index contributed by atoms with van der Waals surface area (Å²) in [5.41, 5.74) is -0.581. The van der Waals surface area contributed by atoms with Gasteiger partial charge in [-0.05, 0) is 24.3 Å². The summed E-state index contributed by atoms with van der Waals surface area (Å²) in [5.74, 6) is -1.43. The summed E-state index contributed by atoms with van der Waals surface area (Å²) in [4.78, 5) is 20.8. The van der Waals surface area contributed by atoms with Gasteiger partial charge in [0.25, 0.3) is 0 Å². The number of carboxylic acids is 1. The summed E-state index contributed by atoms with van der Waals surface area (Å²) in [7, 11) is 0. The molecule has 0 aliphatic heterocycles. The van der Waals surface area contributed by atoms with Crippen molar-refractivity contribution in [1.29, 1.82) is 0 Å². The maximum atomic E-state index is 10.8. The van der Waals surface area contributed by atoms with Crippen molar-refractivity contribution in [3.63, 3.8) is 0 Å². The number of benzene rings is 1. The van der Waals surface area contributed by atoms with Crippen molar-refractivity contribution >= 4 is 27.6 Å². The van der Waals surface area contributed by atoms with Crippen LogP contribution >= 0.6 is 15.9 Å². The molecule has 92 valence electrons. The van der Waals surface area contributed by atoms with Crippen molar-refractivity contribution in [2.24, 2.45) is 0 Å². The van der Waals surface area contributed by atoms with E-state index in [0.29, 0.717) is 5.69 Å². The van der Waals surface area contributed by atoms with Gasteiger partial charge in [-0.25, -0.2) is 9.48 Å². The highest BCUT2D eigenvalue weighted by atomic mass is 79.9. The summed E-state index contributed by atoms with van der Waals surface area (Å²) in [6.07, 6.45) is 1.08. The monoisotopic (exact) mass is 311 g/mol. The first-order chi connectivity index (χ1) is 8.49. The van der Waals surface area contributed by atoms with Crippen LogP contribution in [-0.2, 0) is 0 Å². The molecular weight excluding hydrogens is 306 g/mol. The molecule has 1 aromatic heterocycles. The van der Waals surface area contributed by atoms with Crippen molar-refractivity contribution in [1.82, 2.24) is 9.78 Å². The smallest absolute Gasteiger partial charge is 0.363 e. The molecule has 8 heteroatoms. The first-order valence-electron chi connectivity index (χ1n) is 4.72. The molecule has 7 nitrogen and oxygen atoms in total. The zero-order valence-electron chi connectivity index (χ0n) is 8.78. The van der Waals surface area contributed by atoms with Gasteiger partial charge in [-0.1, -0.05) is 15.9 Å². The standard InChI is InChI=1S/C10H6BrN3O4/c11-6-1-3-7(4-2-6)13-5-8(14(17)18)9(12-13)10(15)16/h1-5H,(H,15,16). The highest BCUT2D eigenvalue weighted by molar-refractivity contribution is 9.10. The Morgan fingerprint density at radius 2 is 2.00 bits per heavy atom. The molecule has 1 N–H and O–H groups in total. The largest absolute Gasteiger partial charge is 0.476 e. The molecule has 1 aromatic carbocycles. The average Bonchev–Trinajstić information content (AvgIpc) is 2.75. The lowest BCUT2D eigenvalue weighted by atomic mass is 10.3. The van der Waals surface area contributed by atoms with Gasteiger partial charge in [-0.2, -0.15) is 5.10 Å². The number of hydrogen-bond acceptors (Lipinski definition) is 4. The molecule has 0 atom stereocenters. The molecule has 0 amide bonds. The van der Waals surface area contributed by atoms with Crippen LogP contribution in [0.15, 0.2) is 34.9 Å². The lowest BCUT2D eigenvalue weighted by molar-refractivity contribution is -0.385. The van der Waals surface area contributed by atoms with Crippen molar-refractivity contribution in [2.45, 2.75) is 0 Å². The van der Waals surface area contributed by atoms with Crippen LogP contribution in [0.1, 0.15) is 10.5 Å². The maximum absolute atomic E-state index is 10.8. The lowest BCUT2D eigenvalue weighted by Crippen LogP contribution is -2.02. The summed E-state index contributed by atoms with van der Waals surface area (Å²) in [6.45, 7) is 0. The zero-order chi connectivity index (χ0) is 13.3. The van der Waals surface area contributed by atoms with Gasteiger partial charge in [0.15, 0.2) is 0 Å². The average molecular weight is 312 g/mol. The molecule has 0 aliphatic carbocycles. The van der Waals surface area contributed by atoms with E-state index in [0.717, 1.165) is 15.4 Å². The number of carbonyl (C=O) groups is 1. The SMILES string of the molecule is O=C(O)c1nn(-c2ccc(Br)cc2)cc1[N+](=O)[O-]. The quantitative estimate of drug-likeness (QED) is 0.692. The van der Waals surface area contributed by atoms with E-state index in [1.165, 1.54) is 0 Å². The Bertz CT molecular complexity index is 589. The third-order valence-electron chi connectivity index (χ3n) is 2.19. The van der Waals surface area contributed by atoms with E-state index >= 15 is 0 Å². The Balaban J connectivity index is 2.53. The van der Waals surface area contributed by atoms with Gasteiger partial charge in [-0.3, -0.25) is 10.1 Å². The van der Waals surface area contributed by atoms with E-state index in [1.807, 2.05) is 0 Å². The Hall–Kier alpha value is -2.22. The van der Waals surface area contributed by atoms with E-state index in [2.05, 4.69) is 21.0 Å². The van der Waals surface area contributed by atoms with E-state index in [-0.39, 0.29) is 0 Å². The summed E-state index contributed by atoms with van der Waals surface area (Å²) < 4.78 is 2.00. The topological polar surface area (TPSA) is 98.3 Å². The van der Waals surface area contributed by atoms with E-state index in [9.17, 15) is 14.9 Å². The van der Waals surface area contributed by atoms with Gasteiger partial charge >= 0.3 is 11.7 Å². The second-order valence-electron chi connectivity index (χ2n) is 3.35. The molecule has 0 saturated heterocycles. The molecule has 0 bridgehead atoms. The second-order valence-corrected chi connectivity index (χ2v) is 4.26. The van der Waals surface area contributed by atoms with Crippen LogP contribution in [-0.4, -0.2) is 25.8 Å². The number of carboxylic acid groups (broad SMARTS) is 1. The van der Waals surface area contributed by atoms with Crippen LogP contribution in [0.3, 0.4) is 0 Å². The highest BCUT2D eigenvalue weighted by Crippen LogP contribution is 2.20. The Morgan fingerprint density at radius 1 is 1.39 bits per heavy atom. The normalized spacial score (nSPS) is 10.3. The summed E-state index contributed by atoms with van der Waals surface area (Å²) in [5, 5.41) is 23.2. The number of halogens is 1. The van der Waals surface area contributed by atoms with E-state index < -0.39 is 22.3 Å². The maximum Gasteiger partial charge on any atom is 0.363 e. The molecule has 1 heterocycles. The van der Waals surface area contributed by atoms with Gasteiger partial charge in [-0.15, -0.1) is 0 Å². The first-order valence-corrected chi connectivity index (χ1v) is 5.51. The molecule has 0 saturated carbocycles. The number of nitro groups is 1. The number of hydrogen-bond donors (Lipinski definition) is 1. The number of aromatic nitrogens is 2. The molecule has 0 spiro atoms. The van der Waals surface area contributed by atoms with Crippen molar-refractivity contribution < 1.29 is 14.8 Å². The fraction of sp³-hybridized carbons (Fsp3) is 0. The Morgan fingerprint density at radius 3 is 2.44 bits per heavy atom. The lowest BCUT2D eigenvalue weighted by Gasteiger charge is -1.99. The zero-order valence-corrected chi connectivity index (χ0v) is 10.4. The van der Waals surface area contributed by atoms with Crippen LogP contribution < -0.4 is 0 Å². The molecule has 0 radical (unpaired) electrons. The fourth-order valence-electron chi connectivity index (χ4n) is 1.38. The second kappa shape index (κ2) is 4.57. The molecule has 0 aliphatic rings. The van der Waals surface area contributed by atoms with Gasteiger partial charge in [0.1, 0.15) is 6.20 Å². The van der Waals surface area contributed by atoms with Crippen molar-refractivity contribution in [3.05, 3.63) is 50.7 Å². The van der Waals surface area contributed by atoms with Crippen LogP contribution in [0.4, 0.5) is 5.69 Å². The minimum atomic E-state index is -1.43. The Kier molecular flexibility index (Phi) is 3.11. The number of rotatable bonds is 3. The third-order valence-corrected chi connectivity index (χ3v) is 2.71. The molecule has 0 unspecified atom stereocenters. The predicted molar refractivity (Wildman–Crippen MR) is 64.9 cm³/mol. The number of aromatic carboxylic acids is 1. The van der Waals surface area contributed by atoms with Crippen LogP contribution in [0.2, 0.25) is 0 Å². The fourth-order valence-corrected chi connectivity index (χ4v) is 1.64. The van der Waals surface area contributed by atoms with E-state index in [1.54, 1.807) is 24.3 Å². The first kappa shape index (κ1) is 12.2. The highest BCUT2D eigenvalue weighted by Gasteiger charge is 2.25. The van der Waals surface area contributed by atoms with Crippen LogP contribution in [0.25, 0.3) is 5.69 Å². The molecule has 2 aromatic rings. The van der Waals surface area contributed by atoms with Crippen molar-refractivity contribution in [3.8, 4) is 5.69 Å². The summed E-state index contributed by atoms with van der Waals surface area (Å²) in [6, 6.07) is 6.77. The van der Waals surface area contributed by atoms with Gasteiger partial charge in [0, 0.05) is 4.47 Å². The van der Waals surface area contributed by atoms with Gasteiger partial charge < -0.3 is 5.11 Å². The molecule has 0 fully saturated rings. The van der Waals surface area contributed by atoms with Gasteiger partial charge in [0.2, 0.25) is 5.69 Å². The molecular formula is C10H6BrN3O4. The van der Waals surface area contributed by atoms with E-state index in [4.69, 9.17) is 5.11 Å².